The number of benzene rings is 2. The first-order chi connectivity index (χ1) is 23.7. The molecule has 0 bridgehead atoms. The van der Waals surface area contributed by atoms with Gasteiger partial charge >= 0.3 is 0 Å². The minimum atomic E-state index is 0.157. The molecule has 0 radical (unpaired) electrons. The van der Waals surface area contributed by atoms with Gasteiger partial charge in [-0.15, -0.1) is 0 Å². The SMILES string of the molecule is CC(=O)N1CCC(=C2c3ccc(Cl)cc3CCc3cc(Br)cnc32)CC1.Clc1ccc2c(c1)CCc1cc(Br)cnc1C2=C1CCNCC1. The lowest BCUT2D eigenvalue weighted by molar-refractivity contribution is -0.129. The van der Waals surface area contributed by atoms with Crippen molar-refractivity contribution in [1.82, 2.24) is 20.2 Å². The number of hydrogen-bond acceptors (Lipinski definition) is 4. The Hall–Kier alpha value is -2.81. The molecular formula is C40H38Br2Cl2N4O. The van der Waals surface area contributed by atoms with Crippen molar-refractivity contribution < 1.29 is 4.79 Å². The maximum atomic E-state index is 11.7. The first-order valence-electron chi connectivity index (χ1n) is 17.0. The molecular weight excluding hydrogens is 783 g/mol. The number of piperidine rings is 2. The highest BCUT2D eigenvalue weighted by Gasteiger charge is 2.27. The summed E-state index contributed by atoms with van der Waals surface area (Å²) in [5, 5.41) is 5.05. The molecule has 2 aromatic heterocycles. The fourth-order valence-corrected chi connectivity index (χ4v) is 8.80. The highest BCUT2D eigenvalue weighted by molar-refractivity contribution is 9.10. The maximum Gasteiger partial charge on any atom is 0.219 e. The maximum absolute atomic E-state index is 11.7. The van der Waals surface area contributed by atoms with E-state index in [1.54, 1.807) is 6.92 Å². The number of pyridine rings is 2. The number of fused-ring (bicyclic) bond motifs is 4. The average molecular weight is 821 g/mol. The van der Waals surface area contributed by atoms with Crippen molar-refractivity contribution in [3.05, 3.63) is 136 Å². The van der Waals surface area contributed by atoms with E-state index in [-0.39, 0.29) is 5.91 Å². The number of amides is 1. The number of rotatable bonds is 0. The summed E-state index contributed by atoms with van der Waals surface area (Å²) in [6, 6.07) is 16.9. The van der Waals surface area contributed by atoms with E-state index in [0.29, 0.717) is 0 Å². The largest absolute Gasteiger partial charge is 0.342 e. The van der Waals surface area contributed by atoms with Gasteiger partial charge in [0.1, 0.15) is 0 Å². The molecule has 5 nitrogen and oxygen atoms in total. The molecule has 9 heteroatoms. The third-order valence-corrected chi connectivity index (χ3v) is 11.4. The van der Waals surface area contributed by atoms with Gasteiger partial charge in [0.05, 0.1) is 11.4 Å². The number of carbonyl (C=O) groups excluding carboxylic acids is 1. The van der Waals surface area contributed by atoms with Gasteiger partial charge in [-0.2, -0.15) is 0 Å². The molecule has 1 amide bonds. The Bertz CT molecular complexity index is 1880. The van der Waals surface area contributed by atoms with Crippen molar-refractivity contribution >= 4 is 72.1 Å². The normalized spacial score (nSPS) is 17.1. The molecule has 2 saturated heterocycles. The van der Waals surface area contributed by atoms with Crippen LogP contribution in [-0.4, -0.2) is 47.0 Å². The zero-order valence-electron chi connectivity index (χ0n) is 27.5. The van der Waals surface area contributed by atoms with Crippen LogP contribution < -0.4 is 5.32 Å². The number of halogens is 4. The van der Waals surface area contributed by atoms with E-state index in [4.69, 9.17) is 33.2 Å². The smallest absolute Gasteiger partial charge is 0.219 e. The van der Waals surface area contributed by atoms with Crippen LogP contribution in [0.25, 0.3) is 11.1 Å². The number of hydrogen-bond donors (Lipinski definition) is 1. The minimum Gasteiger partial charge on any atom is -0.342 e. The van der Waals surface area contributed by atoms with Crippen molar-refractivity contribution in [3.8, 4) is 0 Å². The van der Waals surface area contributed by atoms with Crippen molar-refractivity contribution in [2.24, 2.45) is 0 Å². The number of likely N-dealkylation sites (tertiary alicyclic amines) is 1. The summed E-state index contributed by atoms with van der Waals surface area (Å²) >= 11 is 19.6. The van der Waals surface area contributed by atoms with Crippen LogP contribution in [0.3, 0.4) is 0 Å². The number of carbonyl (C=O) groups is 1. The van der Waals surface area contributed by atoms with Crippen LogP contribution in [0.2, 0.25) is 10.0 Å². The summed E-state index contributed by atoms with van der Waals surface area (Å²) in [4.78, 5) is 23.2. The Balaban J connectivity index is 0.000000155. The third-order valence-electron chi connectivity index (χ3n) is 10.1. The lowest BCUT2D eigenvalue weighted by atomic mass is 9.88. The summed E-state index contributed by atoms with van der Waals surface area (Å²) in [7, 11) is 0. The molecule has 49 heavy (non-hydrogen) atoms. The Labute approximate surface area is 315 Å². The van der Waals surface area contributed by atoms with Crippen LogP contribution >= 0.6 is 55.1 Å². The minimum absolute atomic E-state index is 0.157. The molecule has 0 atom stereocenters. The predicted molar refractivity (Wildman–Crippen MR) is 207 cm³/mol. The van der Waals surface area contributed by atoms with Crippen molar-refractivity contribution in [2.75, 3.05) is 26.2 Å². The van der Waals surface area contributed by atoms with Gasteiger partial charge in [0.15, 0.2) is 0 Å². The zero-order valence-corrected chi connectivity index (χ0v) is 32.2. The molecule has 2 aliphatic carbocycles. The third kappa shape index (κ3) is 7.62. The van der Waals surface area contributed by atoms with Crippen LogP contribution in [-0.2, 0) is 30.5 Å². The number of nitrogens with one attached hydrogen (secondary N) is 1. The van der Waals surface area contributed by atoms with Gasteiger partial charge < -0.3 is 10.2 Å². The molecule has 8 rings (SSSR count). The molecule has 2 aromatic carbocycles. The van der Waals surface area contributed by atoms with E-state index in [1.165, 1.54) is 55.7 Å². The van der Waals surface area contributed by atoms with Gasteiger partial charge in [0, 0.05) is 62.5 Å². The second-order valence-corrected chi connectivity index (χ2v) is 15.8. The summed E-state index contributed by atoms with van der Waals surface area (Å²) in [6.45, 7) is 5.31. The first-order valence-corrected chi connectivity index (χ1v) is 19.4. The van der Waals surface area contributed by atoms with Gasteiger partial charge in [-0.05, 0) is 166 Å². The Morgan fingerprint density at radius 1 is 0.653 bits per heavy atom. The van der Waals surface area contributed by atoms with E-state index in [2.05, 4.69) is 73.6 Å². The van der Waals surface area contributed by atoms with Crippen molar-refractivity contribution in [1.29, 1.82) is 0 Å². The number of nitrogens with zero attached hydrogens (tertiary/aromatic N) is 3. The molecule has 252 valence electrons. The van der Waals surface area contributed by atoms with E-state index < -0.39 is 0 Å². The van der Waals surface area contributed by atoms with Crippen molar-refractivity contribution in [2.45, 2.75) is 58.3 Å². The molecule has 0 saturated carbocycles. The molecule has 2 fully saturated rings. The first kappa shape index (κ1) is 34.6. The summed E-state index contributed by atoms with van der Waals surface area (Å²) in [5.74, 6) is 0.157. The van der Waals surface area contributed by atoms with Crippen LogP contribution in [0.5, 0.6) is 0 Å². The average Bonchev–Trinajstić information content (AvgIpc) is 3.36. The highest BCUT2D eigenvalue weighted by Crippen LogP contribution is 2.40. The molecule has 0 spiro atoms. The van der Waals surface area contributed by atoms with Crippen LogP contribution in [0.4, 0.5) is 0 Å². The summed E-state index contributed by atoms with van der Waals surface area (Å²) in [5.41, 5.74) is 15.5. The Morgan fingerprint density at radius 2 is 1.10 bits per heavy atom. The second kappa shape index (κ2) is 15.2. The van der Waals surface area contributed by atoms with Gasteiger partial charge in [0.25, 0.3) is 0 Å². The van der Waals surface area contributed by atoms with Crippen LogP contribution in [0.1, 0.15) is 77.4 Å². The van der Waals surface area contributed by atoms with Gasteiger partial charge in [-0.3, -0.25) is 14.8 Å². The van der Waals surface area contributed by atoms with E-state index in [1.807, 2.05) is 29.4 Å². The molecule has 4 aromatic rings. The predicted octanol–water partition coefficient (Wildman–Crippen LogP) is 9.82. The summed E-state index contributed by atoms with van der Waals surface area (Å²) < 4.78 is 2.06. The fraction of sp³-hybridized carbons (Fsp3) is 0.325. The summed E-state index contributed by atoms with van der Waals surface area (Å²) in [6.07, 6.45) is 11.7. The molecule has 1 N–H and O–H groups in total. The van der Waals surface area contributed by atoms with Gasteiger partial charge in [-0.25, -0.2) is 0 Å². The van der Waals surface area contributed by atoms with E-state index >= 15 is 0 Å². The standard InChI is InChI=1S/C21H20BrClN2O.C19H18BrClN2/c1-13(26)25-8-6-14(7-9-25)20-19-5-4-18(23)11-15(19)2-3-16-10-17(22)12-24-21(16)20;20-15-9-14-2-1-13-10-16(21)3-4-17(13)18(19(14)23-11-15)12-5-7-22-8-6-12/h4-5,10-12H,2-3,6-9H2,1H3;3-4,9-11,22H,1-2,5-8H2. The molecule has 4 heterocycles. The Morgan fingerprint density at radius 3 is 1.57 bits per heavy atom. The molecule has 4 aliphatic rings. The monoisotopic (exact) mass is 818 g/mol. The topological polar surface area (TPSA) is 58.1 Å². The van der Waals surface area contributed by atoms with Gasteiger partial charge in [-0.1, -0.05) is 46.5 Å². The molecule has 0 unspecified atom stereocenters. The highest BCUT2D eigenvalue weighted by atomic mass is 79.9. The zero-order chi connectivity index (χ0) is 34.1. The van der Waals surface area contributed by atoms with Gasteiger partial charge in [0.2, 0.25) is 5.91 Å². The van der Waals surface area contributed by atoms with Crippen molar-refractivity contribution in [3.63, 3.8) is 0 Å². The lowest BCUT2D eigenvalue weighted by Crippen LogP contribution is -2.34. The number of aromatic nitrogens is 2. The number of aryl methyl sites for hydroxylation is 4. The second-order valence-electron chi connectivity index (χ2n) is 13.1. The van der Waals surface area contributed by atoms with Crippen LogP contribution in [0.15, 0.2) is 81.0 Å². The van der Waals surface area contributed by atoms with E-state index in [0.717, 1.165) is 108 Å². The van der Waals surface area contributed by atoms with E-state index in [9.17, 15) is 4.79 Å². The quantitative estimate of drug-likeness (QED) is 0.192. The lowest BCUT2D eigenvalue weighted by Gasteiger charge is -2.29. The Kier molecular flexibility index (Phi) is 10.7. The van der Waals surface area contributed by atoms with Crippen LogP contribution in [0, 0.1) is 0 Å². The fourth-order valence-electron chi connectivity index (χ4n) is 7.65. The molecule has 2 aliphatic heterocycles.